The standard InChI is InChI=1S/C15H31N3O2.HI/c1-12(2)11-18-14(16)17-10-8-6-7-9-13(19)20-15(3,4)5;/h12H,6-11H2,1-5H3,(H3,16,17,18);1H. The Labute approximate surface area is 146 Å². The number of carbonyl (C=O) groups is 1. The van der Waals surface area contributed by atoms with E-state index in [1.807, 2.05) is 20.8 Å². The number of nitrogens with one attached hydrogen (secondary N) is 1. The van der Waals surface area contributed by atoms with Gasteiger partial charge < -0.3 is 15.8 Å². The van der Waals surface area contributed by atoms with Gasteiger partial charge in [0.15, 0.2) is 5.96 Å². The minimum atomic E-state index is -0.389. The average molecular weight is 413 g/mol. The van der Waals surface area contributed by atoms with Gasteiger partial charge in [0.25, 0.3) is 0 Å². The normalized spacial score (nSPS) is 12.0. The lowest BCUT2D eigenvalue weighted by Gasteiger charge is -2.19. The first-order chi connectivity index (χ1) is 9.20. The molecule has 0 saturated heterocycles. The van der Waals surface area contributed by atoms with E-state index in [9.17, 15) is 4.79 Å². The smallest absolute Gasteiger partial charge is 0.306 e. The van der Waals surface area contributed by atoms with E-state index in [2.05, 4.69) is 24.2 Å². The van der Waals surface area contributed by atoms with Crippen molar-refractivity contribution in [2.24, 2.45) is 16.6 Å². The Hall–Kier alpha value is -0.530. The molecule has 0 aromatic heterocycles. The molecule has 0 amide bonds. The summed E-state index contributed by atoms with van der Waals surface area (Å²) in [5.41, 5.74) is 5.33. The van der Waals surface area contributed by atoms with E-state index in [4.69, 9.17) is 10.5 Å². The van der Waals surface area contributed by atoms with E-state index >= 15 is 0 Å². The van der Waals surface area contributed by atoms with Crippen molar-refractivity contribution in [3.63, 3.8) is 0 Å². The first-order valence-electron chi connectivity index (χ1n) is 7.46. The number of aliphatic imine (C=N–C) groups is 1. The summed E-state index contributed by atoms with van der Waals surface area (Å²) in [5.74, 6) is 0.901. The number of nitrogens with zero attached hydrogens (tertiary/aromatic N) is 1. The van der Waals surface area contributed by atoms with Crippen LogP contribution in [0.4, 0.5) is 0 Å². The van der Waals surface area contributed by atoms with Gasteiger partial charge >= 0.3 is 5.97 Å². The summed E-state index contributed by atoms with van der Waals surface area (Å²) in [6.07, 6.45) is 3.28. The highest BCUT2D eigenvalue weighted by molar-refractivity contribution is 14.0. The molecular formula is C15H32IN3O2. The van der Waals surface area contributed by atoms with E-state index < -0.39 is 0 Å². The first kappa shape index (κ1) is 22.7. The quantitative estimate of drug-likeness (QED) is 0.211. The second kappa shape index (κ2) is 12.1. The molecule has 0 fully saturated rings. The van der Waals surface area contributed by atoms with Crippen LogP contribution in [0.3, 0.4) is 0 Å². The maximum Gasteiger partial charge on any atom is 0.306 e. The molecule has 0 atom stereocenters. The van der Waals surface area contributed by atoms with E-state index in [1.165, 1.54) is 0 Å². The first-order valence-corrected chi connectivity index (χ1v) is 7.46. The molecule has 6 heteroatoms. The molecule has 21 heavy (non-hydrogen) atoms. The molecule has 0 aromatic rings. The van der Waals surface area contributed by atoms with Crippen molar-refractivity contribution < 1.29 is 9.53 Å². The Balaban J connectivity index is 0. The molecule has 0 heterocycles. The molecule has 0 aliphatic heterocycles. The van der Waals surface area contributed by atoms with Crippen LogP contribution in [0.15, 0.2) is 4.99 Å². The highest BCUT2D eigenvalue weighted by Crippen LogP contribution is 2.10. The summed E-state index contributed by atoms with van der Waals surface area (Å²) in [6, 6.07) is 0. The molecule has 3 N–H and O–H groups in total. The van der Waals surface area contributed by atoms with Crippen molar-refractivity contribution in [2.45, 2.75) is 65.9 Å². The zero-order valence-corrected chi connectivity index (χ0v) is 16.4. The monoisotopic (exact) mass is 413 g/mol. The molecule has 0 spiro atoms. The fourth-order valence-electron chi connectivity index (χ4n) is 1.52. The summed E-state index contributed by atoms with van der Waals surface area (Å²) in [6.45, 7) is 11.4. The van der Waals surface area contributed by atoms with Crippen LogP contribution < -0.4 is 11.1 Å². The Morgan fingerprint density at radius 1 is 1.24 bits per heavy atom. The van der Waals surface area contributed by atoms with E-state index in [1.54, 1.807) is 0 Å². The zero-order chi connectivity index (χ0) is 15.6. The average Bonchev–Trinajstić information content (AvgIpc) is 2.28. The van der Waals surface area contributed by atoms with Crippen LogP contribution in [0, 0.1) is 5.92 Å². The summed E-state index contributed by atoms with van der Waals surface area (Å²) >= 11 is 0. The SMILES string of the molecule is CC(C)CN=C(N)NCCCCCC(=O)OC(C)(C)C.I. The second-order valence-electron chi connectivity index (χ2n) is 6.44. The highest BCUT2D eigenvalue weighted by atomic mass is 127. The molecule has 0 rings (SSSR count). The van der Waals surface area contributed by atoms with Crippen LogP contribution in [0.25, 0.3) is 0 Å². The Morgan fingerprint density at radius 2 is 1.86 bits per heavy atom. The van der Waals surface area contributed by atoms with Crippen molar-refractivity contribution in [3.8, 4) is 0 Å². The summed E-state index contributed by atoms with van der Waals surface area (Å²) in [5, 5.41) is 3.08. The number of guanidine groups is 1. The molecule has 0 radical (unpaired) electrons. The van der Waals surface area contributed by atoms with Crippen LogP contribution >= 0.6 is 24.0 Å². The van der Waals surface area contributed by atoms with Gasteiger partial charge in [-0.15, -0.1) is 24.0 Å². The second-order valence-corrected chi connectivity index (χ2v) is 6.44. The lowest BCUT2D eigenvalue weighted by Crippen LogP contribution is -2.32. The molecule has 0 aliphatic rings. The van der Waals surface area contributed by atoms with Gasteiger partial charge in [0, 0.05) is 19.5 Å². The molecular weight excluding hydrogens is 381 g/mol. The fourth-order valence-corrected chi connectivity index (χ4v) is 1.52. The molecule has 5 nitrogen and oxygen atoms in total. The van der Waals surface area contributed by atoms with Gasteiger partial charge in [-0.2, -0.15) is 0 Å². The maximum atomic E-state index is 11.5. The highest BCUT2D eigenvalue weighted by Gasteiger charge is 2.15. The zero-order valence-electron chi connectivity index (χ0n) is 14.1. The van der Waals surface area contributed by atoms with Crippen molar-refractivity contribution in [1.29, 1.82) is 0 Å². The number of esters is 1. The number of hydrogen-bond donors (Lipinski definition) is 2. The fraction of sp³-hybridized carbons (Fsp3) is 0.867. The number of rotatable bonds is 8. The minimum absolute atomic E-state index is 0. The summed E-state index contributed by atoms with van der Waals surface area (Å²) < 4.78 is 5.24. The number of carbonyl (C=O) groups excluding carboxylic acids is 1. The van der Waals surface area contributed by atoms with Gasteiger partial charge in [-0.3, -0.25) is 9.79 Å². The molecule has 0 aromatic carbocycles. The summed E-state index contributed by atoms with van der Waals surface area (Å²) in [7, 11) is 0. The Bertz CT molecular complexity index is 313. The topological polar surface area (TPSA) is 76.7 Å². The van der Waals surface area contributed by atoms with Crippen molar-refractivity contribution in [1.82, 2.24) is 5.32 Å². The van der Waals surface area contributed by atoms with Gasteiger partial charge in [0.1, 0.15) is 5.60 Å². The lowest BCUT2D eigenvalue weighted by molar-refractivity contribution is -0.154. The van der Waals surface area contributed by atoms with Gasteiger partial charge in [-0.25, -0.2) is 0 Å². The number of halogens is 1. The maximum absolute atomic E-state index is 11.5. The van der Waals surface area contributed by atoms with E-state index in [0.717, 1.165) is 32.4 Å². The lowest BCUT2D eigenvalue weighted by atomic mass is 10.1. The molecule has 126 valence electrons. The largest absolute Gasteiger partial charge is 0.460 e. The van der Waals surface area contributed by atoms with Gasteiger partial charge in [-0.1, -0.05) is 20.3 Å². The third-order valence-corrected chi connectivity index (χ3v) is 2.41. The molecule has 0 unspecified atom stereocenters. The number of unbranched alkanes of at least 4 members (excludes halogenated alkanes) is 2. The van der Waals surface area contributed by atoms with Crippen LogP contribution in [-0.2, 0) is 9.53 Å². The van der Waals surface area contributed by atoms with Gasteiger partial charge in [0.05, 0.1) is 0 Å². The number of nitrogens with two attached hydrogens (primary N) is 1. The van der Waals surface area contributed by atoms with Crippen LogP contribution in [0.2, 0.25) is 0 Å². The Kier molecular flexibility index (Phi) is 13.1. The van der Waals surface area contributed by atoms with Crippen molar-refractivity contribution in [3.05, 3.63) is 0 Å². The number of ether oxygens (including phenoxy) is 1. The molecule has 0 bridgehead atoms. The number of hydrogen-bond acceptors (Lipinski definition) is 3. The van der Waals surface area contributed by atoms with Crippen LogP contribution in [0.1, 0.15) is 60.3 Å². The molecule has 0 saturated carbocycles. The van der Waals surface area contributed by atoms with Crippen LogP contribution in [0.5, 0.6) is 0 Å². The Morgan fingerprint density at radius 3 is 2.38 bits per heavy atom. The van der Waals surface area contributed by atoms with Crippen molar-refractivity contribution in [2.75, 3.05) is 13.1 Å². The van der Waals surface area contributed by atoms with Crippen molar-refractivity contribution >= 4 is 35.9 Å². The minimum Gasteiger partial charge on any atom is -0.460 e. The van der Waals surface area contributed by atoms with Gasteiger partial charge in [-0.05, 0) is 39.5 Å². The molecule has 0 aliphatic carbocycles. The third kappa shape index (κ3) is 17.4. The van der Waals surface area contributed by atoms with E-state index in [-0.39, 0.29) is 35.5 Å². The predicted octanol–water partition coefficient (Wildman–Crippen LogP) is 3.07. The predicted molar refractivity (Wildman–Crippen MR) is 99.1 cm³/mol. The van der Waals surface area contributed by atoms with E-state index in [0.29, 0.717) is 18.3 Å². The van der Waals surface area contributed by atoms with Gasteiger partial charge in [0.2, 0.25) is 0 Å². The third-order valence-electron chi connectivity index (χ3n) is 2.41. The summed E-state index contributed by atoms with van der Waals surface area (Å²) in [4.78, 5) is 15.7. The van der Waals surface area contributed by atoms with Crippen LogP contribution in [-0.4, -0.2) is 30.6 Å².